The fourth-order valence-electron chi connectivity index (χ4n) is 2.99. The molecule has 0 aromatic carbocycles. The molecule has 16 heavy (non-hydrogen) atoms. The van der Waals surface area contributed by atoms with Crippen LogP contribution >= 0.6 is 0 Å². The molecule has 0 aromatic rings. The van der Waals surface area contributed by atoms with Gasteiger partial charge in [0.2, 0.25) is 15.9 Å². The van der Waals surface area contributed by atoms with Crippen molar-refractivity contribution in [3.05, 3.63) is 0 Å². The summed E-state index contributed by atoms with van der Waals surface area (Å²) in [6.45, 7) is 0.637. The van der Waals surface area contributed by atoms with Crippen molar-refractivity contribution in [2.24, 2.45) is 11.8 Å². The zero-order valence-electron chi connectivity index (χ0n) is 8.90. The molecule has 2 saturated carbocycles. The second-order valence-corrected chi connectivity index (χ2v) is 7.56. The summed E-state index contributed by atoms with van der Waals surface area (Å²) in [4.78, 5) is 0. The number of fused-ring (bicyclic) bond motifs is 1. The molecule has 1 heterocycles. The van der Waals surface area contributed by atoms with E-state index in [2.05, 4.69) is 0 Å². The topological polar surface area (TPSA) is 37.4 Å². The third-order valence-electron chi connectivity index (χ3n) is 3.97. The minimum absolute atomic E-state index is 0.122. The SMILES string of the molecule is O=S(=O)(C1CC1)N1C[C@@H]2CC(F)(F)C[C@@H]2C1. The van der Waals surface area contributed by atoms with E-state index < -0.39 is 15.9 Å². The van der Waals surface area contributed by atoms with Crippen molar-refractivity contribution in [2.45, 2.75) is 36.9 Å². The van der Waals surface area contributed by atoms with Crippen LogP contribution in [-0.2, 0) is 10.0 Å². The molecule has 92 valence electrons. The molecule has 0 radical (unpaired) electrons. The van der Waals surface area contributed by atoms with Crippen molar-refractivity contribution >= 4 is 10.0 Å². The van der Waals surface area contributed by atoms with E-state index in [9.17, 15) is 17.2 Å². The summed E-state index contributed by atoms with van der Waals surface area (Å²) in [6, 6.07) is 0. The summed E-state index contributed by atoms with van der Waals surface area (Å²) in [6.07, 6.45) is 1.22. The molecule has 3 fully saturated rings. The highest BCUT2D eigenvalue weighted by Gasteiger charge is 2.53. The Hall–Kier alpha value is -0.230. The van der Waals surface area contributed by atoms with Gasteiger partial charge in [0.1, 0.15) is 0 Å². The molecule has 0 aromatic heterocycles. The van der Waals surface area contributed by atoms with Gasteiger partial charge < -0.3 is 0 Å². The predicted molar refractivity (Wildman–Crippen MR) is 54.7 cm³/mol. The van der Waals surface area contributed by atoms with Crippen LogP contribution in [0.2, 0.25) is 0 Å². The fourth-order valence-corrected chi connectivity index (χ4v) is 4.95. The fraction of sp³-hybridized carbons (Fsp3) is 1.00. The number of alkyl halides is 2. The minimum Gasteiger partial charge on any atom is -0.212 e. The number of hydrogen-bond donors (Lipinski definition) is 0. The Bertz CT molecular complexity index is 389. The van der Waals surface area contributed by atoms with Gasteiger partial charge in [-0.15, -0.1) is 0 Å². The number of halogens is 2. The van der Waals surface area contributed by atoms with E-state index in [0.717, 1.165) is 12.8 Å². The van der Waals surface area contributed by atoms with Gasteiger partial charge in [-0.05, 0) is 24.7 Å². The van der Waals surface area contributed by atoms with Crippen LogP contribution < -0.4 is 0 Å². The van der Waals surface area contributed by atoms with Gasteiger partial charge in [-0.3, -0.25) is 0 Å². The molecule has 0 N–H and O–H groups in total. The molecule has 3 nitrogen and oxygen atoms in total. The molecule has 3 aliphatic rings. The lowest BCUT2D eigenvalue weighted by Gasteiger charge is -2.18. The first kappa shape index (κ1) is 10.9. The number of sulfonamides is 1. The largest absolute Gasteiger partial charge is 0.248 e. The van der Waals surface area contributed by atoms with E-state index in [1.165, 1.54) is 4.31 Å². The van der Waals surface area contributed by atoms with Gasteiger partial charge in [-0.25, -0.2) is 21.5 Å². The van der Waals surface area contributed by atoms with Gasteiger partial charge >= 0.3 is 0 Å². The molecule has 2 atom stereocenters. The van der Waals surface area contributed by atoms with Crippen LogP contribution in [0.5, 0.6) is 0 Å². The van der Waals surface area contributed by atoms with Crippen molar-refractivity contribution in [3.63, 3.8) is 0 Å². The molecule has 0 unspecified atom stereocenters. The monoisotopic (exact) mass is 251 g/mol. The maximum atomic E-state index is 13.1. The van der Waals surface area contributed by atoms with E-state index in [0.29, 0.717) is 13.1 Å². The minimum atomic E-state index is -3.16. The predicted octanol–water partition coefficient (Wildman–Crippen LogP) is 1.46. The van der Waals surface area contributed by atoms with Crippen LogP contribution in [0.25, 0.3) is 0 Å². The summed E-state index contributed by atoms with van der Waals surface area (Å²) in [5, 5.41) is -0.216. The quantitative estimate of drug-likeness (QED) is 0.745. The average molecular weight is 251 g/mol. The van der Waals surface area contributed by atoms with E-state index in [-0.39, 0.29) is 29.9 Å². The Morgan fingerprint density at radius 3 is 2.00 bits per heavy atom. The van der Waals surface area contributed by atoms with Crippen LogP contribution in [0, 0.1) is 11.8 Å². The lowest BCUT2D eigenvalue weighted by molar-refractivity contribution is -0.000618. The van der Waals surface area contributed by atoms with E-state index in [1.54, 1.807) is 0 Å². The van der Waals surface area contributed by atoms with E-state index >= 15 is 0 Å². The first-order valence-corrected chi connectivity index (χ1v) is 7.26. The third kappa shape index (κ3) is 1.66. The van der Waals surface area contributed by atoms with Crippen LogP contribution in [0.15, 0.2) is 0 Å². The van der Waals surface area contributed by atoms with Crippen molar-refractivity contribution in [3.8, 4) is 0 Å². The maximum absolute atomic E-state index is 13.1. The van der Waals surface area contributed by atoms with Crippen LogP contribution in [0.1, 0.15) is 25.7 Å². The average Bonchev–Trinajstić information content (AvgIpc) is 2.85. The summed E-state index contributed by atoms with van der Waals surface area (Å²) >= 11 is 0. The first-order chi connectivity index (χ1) is 7.38. The highest BCUT2D eigenvalue weighted by Crippen LogP contribution is 2.48. The lowest BCUT2D eigenvalue weighted by atomic mass is 10.0. The Morgan fingerprint density at radius 2 is 1.56 bits per heavy atom. The number of rotatable bonds is 2. The zero-order valence-corrected chi connectivity index (χ0v) is 9.72. The summed E-state index contributed by atoms with van der Waals surface area (Å²) in [5.41, 5.74) is 0. The van der Waals surface area contributed by atoms with Gasteiger partial charge in [-0.2, -0.15) is 0 Å². The summed E-state index contributed by atoms with van der Waals surface area (Å²) in [7, 11) is -3.16. The second-order valence-electron chi connectivity index (χ2n) is 5.35. The summed E-state index contributed by atoms with van der Waals surface area (Å²) < 4.78 is 51.5. The van der Waals surface area contributed by atoms with Crippen molar-refractivity contribution in [2.75, 3.05) is 13.1 Å². The van der Waals surface area contributed by atoms with Crippen molar-refractivity contribution in [1.82, 2.24) is 4.31 Å². The van der Waals surface area contributed by atoms with Gasteiger partial charge in [0.25, 0.3) is 0 Å². The Morgan fingerprint density at radius 1 is 1.06 bits per heavy atom. The molecule has 0 bridgehead atoms. The van der Waals surface area contributed by atoms with Gasteiger partial charge in [0.15, 0.2) is 0 Å². The van der Waals surface area contributed by atoms with Crippen LogP contribution in [0.4, 0.5) is 8.78 Å². The summed E-state index contributed by atoms with van der Waals surface area (Å²) in [5.74, 6) is -2.81. The molecule has 2 aliphatic carbocycles. The zero-order chi connectivity index (χ0) is 11.6. The molecule has 3 rings (SSSR count). The van der Waals surface area contributed by atoms with Crippen molar-refractivity contribution in [1.29, 1.82) is 0 Å². The highest BCUT2D eigenvalue weighted by molar-refractivity contribution is 7.90. The third-order valence-corrected chi connectivity index (χ3v) is 6.30. The van der Waals surface area contributed by atoms with E-state index in [1.807, 2.05) is 0 Å². The van der Waals surface area contributed by atoms with Gasteiger partial charge in [-0.1, -0.05) is 0 Å². The molecular weight excluding hydrogens is 236 g/mol. The molecular formula is C10H15F2NO2S. The Balaban J connectivity index is 1.72. The molecule has 1 saturated heterocycles. The normalized spacial score (nSPS) is 38.9. The maximum Gasteiger partial charge on any atom is 0.248 e. The smallest absolute Gasteiger partial charge is 0.212 e. The van der Waals surface area contributed by atoms with Crippen molar-refractivity contribution < 1.29 is 17.2 Å². The van der Waals surface area contributed by atoms with Gasteiger partial charge in [0, 0.05) is 25.9 Å². The Labute approximate surface area is 93.9 Å². The first-order valence-electron chi connectivity index (χ1n) is 5.75. The molecule has 0 amide bonds. The molecule has 6 heteroatoms. The standard InChI is InChI=1S/C10H15F2NO2S/c11-10(12)3-7-5-13(6-8(7)4-10)16(14,15)9-1-2-9/h7-9H,1-6H2/t7-,8+. The number of nitrogens with zero attached hydrogens (tertiary/aromatic N) is 1. The highest BCUT2D eigenvalue weighted by atomic mass is 32.2. The van der Waals surface area contributed by atoms with E-state index in [4.69, 9.17) is 0 Å². The van der Waals surface area contributed by atoms with Gasteiger partial charge in [0.05, 0.1) is 5.25 Å². The lowest BCUT2D eigenvalue weighted by Crippen LogP contribution is -2.33. The van der Waals surface area contributed by atoms with Crippen LogP contribution in [0.3, 0.4) is 0 Å². The molecule has 1 aliphatic heterocycles. The van der Waals surface area contributed by atoms with Crippen LogP contribution in [-0.4, -0.2) is 37.0 Å². The number of hydrogen-bond acceptors (Lipinski definition) is 2. The second kappa shape index (κ2) is 3.16. The Kier molecular flexibility index (Phi) is 2.15. The molecule has 0 spiro atoms.